The first-order valence-corrected chi connectivity index (χ1v) is 8.61. The summed E-state index contributed by atoms with van der Waals surface area (Å²) in [7, 11) is -0.271. The van der Waals surface area contributed by atoms with Crippen molar-refractivity contribution < 1.29 is 13.2 Å². The van der Waals surface area contributed by atoms with Crippen LogP contribution >= 0.6 is 0 Å². The SMILES string of the molecule is CC[C@H](NS(=O)(=O)N(C)CC(C)C)c1ccc(OC)cc1. The zero-order valence-corrected chi connectivity index (χ0v) is 14.3. The summed E-state index contributed by atoms with van der Waals surface area (Å²) in [6, 6.07) is 7.21. The predicted octanol–water partition coefficient (Wildman–Crippen LogP) is 2.57. The molecule has 0 heterocycles. The van der Waals surface area contributed by atoms with E-state index in [1.165, 1.54) is 4.31 Å². The second-order valence-electron chi connectivity index (χ2n) is 5.53. The molecule has 0 aliphatic heterocycles. The lowest BCUT2D eigenvalue weighted by Gasteiger charge is -2.24. The number of ether oxygens (including phenoxy) is 1. The number of benzene rings is 1. The lowest BCUT2D eigenvalue weighted by atomic mass is 10.1. The highest BCUT2D eigenvalue weighted by molar-refractivity contribution is 7.87. The van der Waals surface area contributed by atoms with Crippen LogP contribution in [0.2, 0.25) is 0 Å². The van der Waals surface area contributed by atoms with Crippen molar-refractivity contribution in [2.24, 2.45) is 5.92 Å². The molecule has 1 aromatic rings. The van der Waals surface area contributed by atoms with E-state index in [0.29, 0.717) is 13.0 Å². The molecule has 0 spiro atoms. The smallest absolute Gasteiger partial charge is 0.279 e. The minimum Gasteiger partial charge on any atom is -0.497 e. The van der Waals surface area contributed by atoms with Gasteiger partial charge in [0.05, 0.1) is 7.11 Å². The summed E-state index contributed by atoms with van der Waals surface area (Å²) in [5, 5.41) is 0. The van der Waals surface area contributed by atoms with Gasteiger partial charge in [0.15, 0.2) is 0 Å². The van der Waals surface area contributed by atoms with Gasteiger partial charge in [0.25, 0.3) is 10.2 Å². The Hall–Kier alpha value is -1.11. The summed E-state index contributed by atoms with van der Waals surface area (Å²) in [5.74, 6) is 1.04. The number of rotatable bonds is 8. The molecular formula is C15H26N2O3S. The lowest BCUT2D eigenvalue weighted by Crippen LogP contribution is -2.41. The minimum atomic E-state index is -3.48. The van der Waals surface area contributed by atoms with Crippen LogP contribution < -0.4 is 9.46 Å². The molecule has 0 amide bonds. The highest BCUT2D eigenvalue weighted by Crippen LogP contribution is 2.21. The highest BCUT2D eigenvalue weighted by atomic mass is 32.2. The van der Waals surface area contributed by atoms with Crippen LogP contribution in [0.15, 0.2) is 24.3 Å². The summed E-state index contributed by atoms with van der Waals surface area (Å²) >= 11 is 0. The fraction of sp³-hybridized carbons (Fsp3) is 0.600. The highest BCUT2D eigenvalue weighted by Gasteiger charge is 2.23. The monoisotopic (exact) mass is 314 g/mol. The molecule has 21 heavy (non-hydrogen) atoms. The predicted molar refractivity (Wildman–Crippen MR) is 85.5 cm³/mol. The van der Waals surface area contributed by atoms with Crippen LogP contribution in [0.1, 0.15) is 38.8 Å². The Morgan fingerprint density at radius 3 is 2.24 bits per heavy atom. The second-order valence-corrected chi connectivity index (χ2v) is 7.34. The summed E-state index contributed by atoms with van der Waals surface area (Å²) in [4.78, 5) is 0. The van der Waals surface area contributed by atoms with Crippen molar-refractivity contribution in [3.63, 3.8) is 0 Å². The minimum absolute atomic E-state index is 0.240. The van der Waals surface area contributed by atoms with Gasteiger partial charge in [0.1, 0.15) is 5.75 Å². The Morgan fingerprint density at radius 1 is 1.24 bits per heavy atom. The van der Waals surface area contributed by atoms with Gasteiger partial charge in [0.2, 0.25) is 0 Å². The summed E-state index contributed by atoms with van der Waals surface area (Å²) in [5.41, 5.74) is 0.930. The van der Waals surface area contributed by atoms with Gasteiger partial charge in [-0.15, -0.1) is 0 Å². The van der Waals surface area contributed by atoms with Gasteiger partial charge in [-0.25, -0.2) is 0 Å². The fourth-order valence-electron chi connectivity index (χ4n) is 2.11. The summed E-state index contributed by atoms with van der Waals surface area (Å²) < 4.78 is 33.9. The standard InChI is InChI=1S/C15H26N2O3S/c1-6-15(13-7-9-14(20-5)10-8-13)16-21(18,19)17(4)11-12(2)3/h7-10,12,15-16H,6,11H2,1-5H3/t15-/m0/s1. The van der Waals surface area contributed by atoms with Crippen LogP contribution in [0.4, 0.5) is 0 Å². The van der Waals surface area contributed by atoms with Crippen LogP contribution in [0, 0.1) is 5.92 Å². The largest absolute Gasteiger partial charge is 0.497 e. The average Bonchev–Trinajstić information content (AvgIpc) is 2.44. The van der Waals surface area contributed by atoms with E-state index in [1.54, 1.807) is 14.2 Å². The van der Waals surface area contributed by atoms with E-state index in [-0.39, 0.29) is 12.0 Å². The molecule has 0 saturated carbocycles. The number of hydrogen-bond donors (Lipinski definition) is 1. The quantitative estimate of drug-likeness (QED) is 0.802. The fourth-order valence-corrected chi connectivity index (χ4v) is 3.44. The number of hydrogen-bond acceptors (Lipinski definition) is 3. The molecule has 1 rings (SSSR count). The van der Waals surface area contributed by atoms with Gasteiger partial charge in [-0.3, -0.25) is 0 Å². The molecule has 5 nitrogen and oxygen atoms in total. The average molecular weight is 314 g/mol. The Bertz CT molecular complexity index is 526. The lowest BCUT2D eigenvalue weighted by molar-refractivity contribution is 0.402. The third-order valence-corrected chi connectivity index (χ3v) is 4.80. The van der Waals surface area contributed by atoms with E-state index in [2.05, 4.69) is 4.72 Å². The van der Waals surface area contributed by atoms with Crippen molar-refractivity contribution in [3.05, 3.63) is 29.8 Å². The van der Waals surface area contributed by atoms with E-state index >= 15 is 0 Å². The van der Waals surface area contributed by atoms with E-state index in [9.17, 15) is 8.42 Å². The van der Waals surface area contributed by atoms with Gasteiger partial charge in [-0.2, -0.15) is 17.4 Å². The molecule has 6 heteroatoms. The third kappa shape index (κ3) is 5.30. The Balaban J connectivity index is 2.85. The van der Waals surface area contributed by atoms with Crippen LogP contribution in [-0.4, -0.2) is 33.4 Å². The van der Waals surface area contributed by atoms with Gasteiger partial charge < -0.3 is 4.74 Å². The molecule has 0 aromatic heterocycles. The summed E-state index contributed by atoms with van der Waals surface area (Å²) in [6.45, 7) is 6.44. The molecule has 0 unspecified atom stereocenters. The molecule has 1 aromatic carbocycles. The summed E-state index contributed by atoms with van der Waals surface area (Å²) in [6.07, 6.45) is 0.682. The van der Waals surface area contributed by atoms with Crippen molar-refractivity contribution in [2.45, 2.75) is 33.2 Å². The Kier molecular flexibility index (Phi) is 6.64. The van der Waals surface area contributed by atoms with Crippen molar-refractivity contribution in [3.8, 4) is 5.75 Å². The van der Waals surface area contributed by atoms with Gasteiger partial charge >= 0.3 is 0 Å². The second kappa shape index (κ2) is 7.77. The molecule has 0 radical (unpaired) electrons. The molecule has 0 saturated heterocycles. The topological polar surface area (TPSA) is 58.6 Å². The maximum absolute atomic E-state index is 12.3. The zero-order valence-electron chi connectivity index (χ0n) is 13.5. The van der Waals surface area contributed by atoms with Crippen LogP contribution in [0.25, 0.3) is 0 Å². The molecule has 0 aliphatic carbocycles. The van der Waals surface area contributed by atoms with E-state index < -0.39 is 10.2 Å². The first kappa shape index (κ1) is 17.9. The van der Waals surface area contributed by atoms with Crippen molar-refractivity contribution >= 4 is 10.2 Å². The zero-order chi connectivity index (χ0) is 16.0. The van der Waals surface area contributed by atoms with Gasteiger partial charge in [0, 0.05) is 19.6 Å². The number of nitrogens with one attached hydrogen (secondary N) is 1. The van der Waals surface area contributed by atoms with Gasteiger partial charge in [-0.05, 0) is 30.0 Å². The maximum Gasteiger partial charge on any atom is 0.279 e. The van der Waals surface area contributed by atoms with Gasteiger partial charge in [-0.1, -0.05) is 32.9 Å². The number of methoxy groups -OCH3 is 1. The molecular weight excluding hydrogens is 288 g/mol. The van der Waals surface area contributed by atoms with E-state index in [0.717, 1.165) is 11.3 Å². The third-order valence-electron chi connectivity index (χ3n) is 3.25. The molecule has 120 valence electrons. The molecule has 0 bridgehead atoms. The van der Waals surface area contributed by atoms with Crippen molar-refractivity contribution in [1.29, 1.82) is 0 Å². The van der Waals surface area contributed by atoms with Crippen molar-refractivity contribution in [2.75, 3.05) is 20.7 Å². The van der Waals surface area contributed by atoms with Crippen LogP contribution in [0.5, 0.6) is 5.75 Å². The van der Waals surface area contributed by atoms with Crippen LogP contribution in [-0.2, 0) is 10.2 Å². The maximum atomic E-state index is 12.3. The first-order valence-electron chi connectivity index (χ1n) is 7.17. The van der Waals surface area contributed by atoms with Crippen molar-refractivity contribution in [1.82, 2.24) is 9.03 Å². The molecule has 0 aliphatic rings. The Labute approximate surface area is 128 Å². The molecule has 0 fully saturated rings. The van der Waals surface area contributed by atoms with E-state index in [4.69, 9.17) is 4.74 Å². The Morgan fingerprint density at radius 2 is 1.81 bits per heavy atom. The molecule has 1 atom stereocenters. The van der Waals surface area contributed by atoms with E-state index in [1.807, 2.05) is 45.0 Å². The number of nitrogens with zero attached hydrogens (tertiary/aromatic N) is 1. The normalized spacial score (nSPS) is 13.7. The molecule has 1 N–H and O–H groups in total. The first-order chi connectivity index (χ1) is 9.80. The van der Waals surface area contributed by atoms with Crippen LogP contribution in [0.3, 0.4) is 0 Å².